The molecule has 1 saturated carbocycles. The molecular formula is C14H22N6O. The van der Waals surface area contributed by atoms with Crippen LogP contribution in [0.2, 0.25) is 0 Å². The third-order valence-corrected chi connectivity index (χ3v) is 4.48. The first-order valence-electron chi connectivity index (χ1n) is 7.42. The van der Waals surface area contributed by atoms with Crippen LogP contribution in [0, 0.1) is 13.8 Å². The van der Waals surface area contributed by atoms with Crippen LogP contribution in [0.5, 0.6) is 0 Å². The van der Waals surface area contributed by atoms with Gasteiger partial charge >= 0.3 is 0 Å². The minimum absolute atomic E-state index is 0.102. The molecule has 0 aromatic carbocycles. The van der Waals surface area contributed by atoms with Gasteiger partial charge in [0.25, 0.3) is 0 Å². The molecule has 1 saturated heterocycles. The Morgan fingerprint density at radius 3 is 2.43 bits per heavy atom. The summed E-state index contributed by atoms with van der Waals surface area (Å²) in [5.74, 6) is 0.828. The summed E-state index contributed by atoms with van der Waals surface area (Å²) < 4.78 is 0. The molecule has 7 heteroatoms. The summed E-state index contributed by atoms with van der Waals surface area (Å²) in [6.07, 6.45) is 2.66. The number of piperazine rings is 1. The molecule has 0 atom stereocenters. The van der Waals surface area contributed by atoms with E-state index in [0.717, 1.165) is 49.3 Å². The lowest BCUT2D eigenvalue weighted by atomic mass is 10.1. The fourth-order valence-corrected chi connectivity index (χ4v) is 2.91. The van der Waals surface area contributed by atoms with Crippen molar-refractivity contribution in [3.8, 4) is 0 Å². The fourth-order valence-electron chi connectivity index (χ4n) is 2.91. The number of hydrogen-bond acceptors (Lipinski definition) is 6. The van der Waals surface area contributed by atoms with E-state index in [-0.39, 0.29) is 5.84 Å². The van der Waals surface area contributed by atoms with Crippen molar-refractivity contribution in [2.75, 3.05) is 31.1 Å². The highest BCUT2D eigenvalue weighted by molar-refractivity contribution is 6.02. The fraction of sp³-hybridized carbons (Fsp3) is 0.643. The first kappa shape index (κ1) is 14.1. The molecule has 21 heavy (non-hydrogen) atoms. The molecule has 0 unspecified atom stereocenters. The van der Waals surface area contributed by atoms with Gasteiger partial charge in [0.15, 0.2) is 11.7 Å². The van der Waals surface area contributed by atoms with Crippen molar-refractivity contribution in [1.29, 1.82) is 0 Å². The third kappa shape index (κ3) is 2.65. The van der Waals surface area contributed by atoms with Crippen molar-refractivity contribution >= 4 is 11.7 Å². The average Bonchev–Trinajstić information content (AvgIpc) is 3.34. The van der Waals surface area contributed by atoms with Crippen LogP contribution in [0.25, 0.3) is 0 Å². The Balaban J connectivity index is 1.86. The highest BCUT2D eigenvalue weighted by Crippen LogP contribution is 2.29. The first-order valence-corrected chi connectivity index (χ1v) is 7.42. The van der Waals surface area contributed by atoms with Gasteiger partial charge in [-0.15, -0.1) is 5.10 Å². The quantitative estimate of drug-likeness (QED) is 0.364. The van der Waals surface area contributed by atoms with Gasteiger partial charge in [0.2, 0.25) is 0 Å². The molecule has 7 nitrogen and oxygen atoms in total. The molecule has 2 fully saturated rings. The molecule has 2 aliphatic rings. The maximum atomic E-state index is 9.04. The van der Waals surface area contributed by atoms with Crippen molar-refractivity contribution in [1.82, 2.24) is 15.1 Å². The van der Waals surface area contributed by atoms with Crippen molar-refractivity contribution in [2.45, 2.75) is 32.7 Å². The maximum Gasteiger partial charge on any atom is 0.174 e. The standard InChI is InChI=1S/C14H22N6O/c1-9-10(2)16-17-14(12(9)13(15)18-21)20-7-5-19(6-8-20)11-3-4-11/h11,21H,3-8H2,1-2H3,(H2,15,18). The van der Waals surface area contributed by atoms with Crippen LogP contribution >= 0.6 is 0 Å². The van der Waals surface area contributed by atoms with E-state index < -0.39 is 0 Å². The van der Waals surface area contributed by atoms with E-state index in [1.165, 1.54) is 12.8 Å². The molecule has 0 bridgehead atoms. The minimum Gasteiger partial charge on any atom is -0.409 e. The molecule has 1 aliphatic heterocycles. The number of rotatable bonds is 3. The average molecular weight is 290 g/mol. The van der Waals surface area contributed by atoms with Crippen molar-refractivity contribution < 1.29 is 5.21 Å². The third-order valence-electron chi connectivity index (χ3n) is 4.48. The summed E-state index contributed by atoms with van der Waals surface area (Å²) in [6.45, 7) is 7.69. The lowest BCUT2D eigenvalue weighted by molar-refractivity contribution is 0.247. The van der Waals surface area contributed by atoms with E-state index in [0.29, 0.717) is 5.56 Å². The SMILES string of the molecule is Cc1nnc(N2CCN(C3CC3)CC2)c(C(N)=NO)c1C. The number of amidine groups is 1. The molecule has 2 heterocycles. The van der Waals surface area contributed by atoms with Gasteiger partial charge in [0.1, 0.15) is 0 Å². The van der Waals surface area contributed by atoms with Gasteiger partial charge in [0.05, 0.1) is 11.3 Å². The van der Waals surface area contributed by atoms with Crippen LogP contribution in [0.3, 0.4) is 0 Å². The lowest BCUT2D eigenvalue weighted by Gasteiger charge is -2.36. The van der Waals surface area contributed by atoms with Crippen LogP contribution in [0.4, 0.5) is 5.82 Å². The van der Waals surface area contributed by atoms with E-state index in [4.69, 9.17) is 10.9 Å². The molecule has 0 radical (unpaired) electrons. The molecular weight excluding hydrogens is 268 g/mol. The number of anilines is 1. The van der Waals surface area contributed by atoms with Crippen LogP contribution in [-0.4, -0.2) is 58.4 Å². The van der Waals surface area contributed by atoms with Gasteiger partial charge in [-0.25, -0.2) is 0 Å². The molecule has 1 aromatic heterocycles. The summed E-state index contributed by atoms with van der Waals surface area (Å²) in [7, 11) is 0. The Labute approximate surface area is 124 Å². The molecule has 1 aliphatic carbocycles. The zero-order valence-corrected chi connectivity index (χ0v) is 12.6. The van der Waals surface area contributed by atoms with Crippen molar-refractivity contribution in [3.63, 3.8) is 0 Å². The van der Waals surface area contributed by atoms with Crippen LogP contribution in [0.1, 0.15) is 29.7 Å². The Kier molecular flexibility index (Phi) is 3.67. The molecule has 1 aromatic rings. The van der Waals surface area contributed by atoms with Gasteiger partial charge in [-0.1, -0.05) is 5.16 Å². The first-order chi connectivity index (χ1) is 10.1. The highest BCUT2D eigenvalue weighted by Gasteiger charge is 2.32. The Bertz CT molecular complexity index is 561. The predicted molar refractivity (Wildman–Crippen MR) is 80.8 cm³/mol. The number of oxime groups is 1. The topological polar surface area (TPSA) is 90.9 Å². The second-order valence-corrected chi connectivity index (χ2v) is 5.85. The summed E-state index contributed by atoms with van der Waals surface area (Å²) in [6, 6.07) is 0.793. The largest absolute Gasteiger partial charge is 0.409 e. The Morgan fingerprint density at radius 2 is 1.86 bits per heavy atom. The van der Waals surface area contributed by atoms with Gasteiger partial charge < -0.3 is 15.8 Å². The summed E-state index contributed by atoms with van der Waals surface area (Å²) in [4.78, 5) is 4.72. The van der Waals surface area contributed by atoms with E-state index in [1.807, 2.05) is 13.8 Å². The number of nitrogens with two attached hydrogens (primary N) is 1. The molecule has 3 N–H and O–H groups in total. The maximum absolute atomic E-state index is 9.04. The van der Waals surface area contributed by atoms with Crippen LogP contribution < -0.4 is 10.6 Å². The normalized spacial score (nSPS) is 20.9. The Morgan fingerprint density at radius 1 is 1.19 bits per heavy atom. The van der Waals surface area contributed by atoms with Crippen molar-refractivity contribution in [2.24, 2.45) is 10.9 Å². The van der Waals surface area contributed by atoms with Gasteiger partial charge in [0, 0.05) is 32.2 Å². The van der Waals surface area contributed by atoms with E-state index in [9.17, 15) is 0 Å². The monoisotopic (exact) mass is 290 g/mol. The predicted octanol–water partition coefficient (Wildman–Crippen LogP) is 0.472. The summed E-state index contributed by atoms with van der Waals surface area (Å²) in [5, 5.41) is 20.7. The minimum atomic E-state index is 0.102. The zero-order valence-electron chi connectivity index (χ0n) is 12.6. The lowest BCUT2D eigenvalue weighted by Crippen LogP contribution is -2.48. The smallest absolute Gasteiger partial charge is 0.174 e. The van der Waals surface area contributed by atoms with Crippen molar-refractivity contribution in [3.05, 3.63) is 16.8 Å². The number of hydrogen-bond donors (Lipinski definition) is 2. The summed E-state index contributed by atoms with van der Waals surface area (Å²) >= 11 is 0. The number of aryl methyl sites for hydroxylation is 1. The van der Waals surface area contributed by atoms with E-state index in [2.05, 4.69) is 25.2 Å². The molecule has 0 amide bonds. The second kappa shape index (κ2) is 5.48. The van der Waals surface area contributed by atoms with Gasteiger partial charge in [-0.3, -0.25) is 4.90 Å². The molecule has 114 valence electrons. The molecule has 0 spiro atoms. The summed E-state index contributed by atoms with van der Waals surface area (Å²) in [5.41, 5.74) is 8.27. The Hall–Kier alpha value is -1.89. The van der Waals surface area contributed by atoms with Gasteiger partial charge in [-0.05, 0) is 32.3 Å². The zero-order chi connectivity index (χ0) is 15.0. The number of nitrogens with zero attached hydrogens (tertiary/aromatic N) is 5. The van der Waals surface area contributed by atoms with Crippen LogP contribution in [-0.2, 0) is 0 Å². The number of aromatic nitrogens is 2. The van der Waals surface area contributed by atoms with Crippen LogP contribution in [0.15, 0.2) is 5.16 Å². The van der Waals surface area contributed by atoms with E-state index >= 15 is 0 Å². The van der Waals surface area contributed by atoms with Gasteiger partial charge in [-0.2, -0.15) is 5.10 Å². The van der Waals surface area contributed by atoms with E-state index in [1.54, 1.807) is 0 Å². The highest BCUT2D eigenvalue weighted by atomic mass is 16.4. The molecule has 3 rings (SSSR count). The second-order valence-electron chi connectivity index (χ2n) is 5.85.